The summed E-state index contributed by atoms with van der Waals surface area (Å²) in [5.74, 6) is 0. The molecule has 234 valence electrons. The molecule has 0 amide bonds. The molecule has 0 radical (unpaired) electrons. The summed E-state index contributed by atoms with van der Waals surface area (Å²) < 4.78 is 5.16. The van der Waals surface area contributed by atoms with Gasteiger partial charge in [-0.05, 0) is 94.9 Å². The topological polar surface area (TPSA) is 4.93 Å². The number of aryl methyl sites for hydroxylation is 3. The molecule has 0 saturated heterocycles. The number of rotatable bonds is 2. The number of hydrogen-bond acceptors (Lipinski definition) is 1. The van der Waals surface area contributed by atoms with E-state index in [4.69, 9.17) is 0 Å². The lowest BCUT2D eigenvalue weighted by Gasteiger charge is -2.18. The van der Waals surface area contributed by atoms with Crippen LogP contribution in [0.15, 0.2) is 158 Å². The van der Waals surface area contributed by atoms with E-state index in [0.29, 0.717) is 0 Å². The van der Waals surface area contributed by atoms with Gasteiger partial charge in [-0.25, -0.2) is 0 Å². The van der Waals surface area contributed by atoms with Crippen LogP contribution in [-0.2, 0) is 0 Å². The third-order valence-electron chi connectivity index (χ3n) is 10.1. The first-order valence-corrected chi connectivity index (χ1v) is 17.8. The summed E-state index contributed by atoms with van der Waals surface area (Å²) in [6, 6.07) is 57.0. The fourth-order valence-electron chi connectivity index (χ4n) is 7.86. The Morgan fingerprint density at radius 1 is 0.408 bits per heavy atom. The monoisotopic (exact) mass is 645 g/mol. The van der Waals surface area contributed by atoms with Gasteiger partial charge < -0.3 is 4.57 Å². The molecular formula is C47H35NS. The second-order valence-corrected chi connectivity index (χ2v) is 14.0. The molecular weight excluding hydrogens is 611 g/mol. The van der Waals surface area contributed by atoms with Crippen LogP contribution in [0.2, 0.25) is 0 Å². The minimum absolute atomic E-state index is 1.19. The highest BCUT2D eigenvalue weighted by Gasteiger charge is 2.22. The summed E-state index contributed by atoms with van der Waals surface area (Å²) in [6.07, 6.45) is 0. The van der Waals surface area contributed by atoms with Crippen LogP contribution in [-0.4, -0.2) is 4.57 Å². The van der Waals surface area contributed by atoms with E-state index in [1.807, 2.05) is 29.5 Å². The van der Waals surface area contributed by atoms with Crippen molar-refractivity contribution >= 4 is 74.9 Å². The van der Waals surface area contributed by atoms with Gasteiger partial charge >= 0.3 is 0 Å². The zero-order valence-corrected chi connectivity index (χ0v) is 28.7. The number of benzene rings is 8. The van der Waals surface area contributed by atoms with Gasteiger partial charge in [0.15, 0.2) is 0 Å². The van der Waals surface area contributed by atoms with E-state index in [2.05, 4.69) is 165 Å². The Labute approximate surface area is 290 Å². The molecule has 0 unspecified atom stereocenters. The van der Waals surface area contributed by atoms with Crippen molar-refractivity contribution < 1.29 is 0 Å². The molecule has 0 N–H and O–H groups in total. The first-order valence-electron chi connectivity index (χ1n) is 17.0. The van der Waals surface area contributed by atoms with Crippen molar-refractivity contribution in [3.8, 4) is 16.8 Å². The second-order valence-electron chi connectivity index (χ2n) is 13.0. The second kappa shape index (κ2) is 11.8. The molecule has 0 spiro atoms. The Morgan fingerprint density at radius 2 is 0.959 bits per heavy atom. The third-order valence-corrected chi connectivity index (χ3v) is 11.3. The molecule has 10 rings (SSSR count). The van der Waals surface area contributed by atoms with Gasteiger partial charge in [0.25, 0.3) is 0 Å². The third kappa shape index (κ3) is 4.67. The molecule has 0 aliphatic rings. The van der Waals surface area contributed by atoms with Crippen LogP contribution in [0.25, 0.3) is 80.3 Å². The Balaban J connectivity index is 0.000000417. The predicted molar refractivity (Wildman–Crippen MR) is 215 cm³/mol. The normalized spacial score (nSPS) is 11.6. The molecule has 0 aliphatic carbocycles. The van der Waals surface area contributed by atoms with Gasteiger partial charge in [0.1, 0.15) is 0 Å². The Hall–Kier alpha value is -5.70. The van der Waals surface area contributed by atoms with Gasteiger partial charge in [-0.1, -0.05) is 133 Å². The lowest BCUT2D eigenvalue weighted by molar-refractivity contribution is 1.18. The van der Waals surface area contributed by atoms with Gasteiger partial charge in [0.05, 0.1) is 11.0 Å². The lowest BCUT2D eigenvalue weighted by Crippen LogP contribution is -1.95. The number of hydrogen-bond donors (Lipinski definition) is 0. The summed E-state index contributed by atoms with van der Waals surface area (Å²) in [4.78, 5) is 0. The number of aromatic nitrogens is 1. The average Bonchev–Trinajstić information content (AvgIpc) is 3.70. The average molecular weight is 646 g/mol. The summed E-state index contributed by atoms with van der Waals surface area (Å²) >= 11 is 1.92. The van der Waals surface area contributed by atoms with Crippen molar-refractivity contribution in [1.29, 1.82) is 0 Å². The summed E-state index contributed by atoms with van der Waals surface area (Å²) in [6.45, 7) is 6.72. The van der Waals surface area contributed by atoms with Crippen LogP contribution in [0, 0.1) is 20.8 Å². The lowest BCUT2D eigenvalue weighted by atomic mass is 9.86. The molecule has 2 aromatic heterocycles. The Bertz CT molecular complexity index is 2840. The molecule has 0 fully saturated rings. The SMILES string of the molecule is Cc1c(-c2ccc3c(c2C)c2c4sc5ccccc5c4ccc2n3-c2ccccc2)c2ccccc2c2ccccc12.Cc1ccccc1. The molecule has 2 heteroatoms. The highest BCUT2D eigenvalue weighted by atomic mass is 32.1. The first kappa shape index (κ1) is 29.4. The molecule has 1 nitrogen and oxygen atoms in total. The van der Waals surface area contributed by atoms with Gasteiger partial charge in [0, 0.05) is 36.6 Å². The van der Waals surface area contributed by atoms with Gasteiger partial charge in [-0.3, -0.25) is 0 Å². The van der Waals surface area contributed by atoms with Crippen molar-refractivity contribution in [1.82, 2.24) is 4.57 Å². The molecule has 0 saturated carbocycles. The molecule has 49 heavy (non-hydrogen) atoms. The van der Waals surface area contributed by atoms with Crippen LogP contribution < -0.4 is 0 Å². The molecule has 0 aliphatic heterocycles. The van der Waals surface area contributed by atoms with E-state index in [-0.39, 0.29) is 0 Å². The Kier molecular flexibility index (Phi) is 7.07. The number of thiophene rings is 1. The smallest absolute Gasteiger partial charge is 0.0555 e. The largest absolute Gasteiger partial charge is 0.309 e. The number of nitrogens with zero attached hydrogens (tertiary/aromatic N) is 1. The molecule has 2 heterocycles. The van der Waals surface area contributed by atoms with Crippen LogP contribution >= 0.6 is 11.3 Å². The quantitative estimate of drug-likeness (QED) is 0.165. The molecule has 8 aromatic carbocycles. The van der Waals surface area contributed by atoms with E-state index in [9.17, 15) is 0 Å². The van der Waals surface area contributed by atoms with Crippen molar-refractivity contribution in [2.24, 2.45) is 0 Å². The molecule has 0 bridgehead atoms. The summed E-state index contributed by atoms with van der Waals surface area (Å²) in [7, 11) is 0. The van der Waals surface area contributed by atoms with Crippen LogP contribution in [0.4, 0.5) is 0 Å². The van der Waals surface area contributed by atoms with E-state index < -0.39 is 0 Å². The van der Waals surface area contributed by atoms with Gasteiger partial charge in [-0.2, -0.15) is 0 Å². The van der Waals surface area contributed by atoms with Crippen molar-refractivity contribution in [3.63, 3.8) is 0 Å². The molecule has 0 atom stereocenters. The minimum Gasteiger partial charge on any atom is -0.309 e. The van der Waals surface area contributed by atoms with Crippen molar-refractivity contribution in [2.75, 3.05) is 0 Å². The van der Waals surface area contributed by atoms with E-state index in [0.717, 1.165) is 0 Å². The maximum Gasteiger partial charge on any atom is 0.0555 e. The Morgan fingerprint density at radius 3 is 1.65 bits per heavy atom. The zero-order valence-electron chi connectivity index (χ0n) is 27.9. The summed E-state index contributed by atoms with van der Waals surface area (Å²) in [5, 5.41) is 10.7. The molecule has 10 aromatic rings. The number of fused-ring (bicyclic) bond motifs is 10. The highest BCUT2D eigenvalue weighted by molar-refractivity contribution is 7.26. The number of para-hydroxylation sites is 1. The fraction of sp³-hybridized carbons (Fsp3) is 0.0638. The zero-order chi connectivity index (χ0) is 33.1. The van der Waals surface area contributed by atoms with Gasteiger partial charge in [-0.15, -0.1) is 11.3 Å². The van der Waals surface area contributed by atoms with E-state index >= 15 is 0 Å². The van der Waals surface area contributed by atoms with Crippen LogP contribution in [0.3, 0.4) is 0 Å². The van der Waals surface area contributed by atoms with Gasteiger partial charge in [0.2, 0.25) is 0 Å². The highest BCUT2D eigenvalue weighted by Crippen LogP contribution is 2.47. The fourth-order valence-corrected chi connectivity index (χ4v) is 9.11. The van der Waals surface area contributed by atoms with E-state index in [1.165, 1.54) is 97.0 Å². The van der Waals surface area contributed by atoms with E-state index in [1.54, 1.807) is 0 Å². The van der Waals surface area contributed by atoms with Crippen molar-refractivity contribution in [3.05, 3.63) is 174 Å². The standard InChI is InChI=1S/C40H27NS.C7H8/c1-24-27-14-6-7-15-29(27)30-16-8-9-18-32(30)37(24)28-20-22-34-38(25(28)2)39-35(41(34)26-12-4-3-5-13-26)23-21-33-31-17-10-11-19-36(31)42-40(33)39;1-7-5-3-2-4-6-7/h3-23H,1-2H3;2-6H,1H3. The van der Waals surface area contributed by atoms with Crippen LogP contribution in [0.5, 0.6) is 0 Å². The predicted octanol–water partition coefficient (Wildman–Crippen LogP) is 13.7. The van der Waals surface area contributed by atoms with Crippen molar-refractivity contribution in [2.45, 2.75) is 20.8 Å². The maximum atomic E-state index is 2.45. The maximum absolute atomic E-state index is 2.45. The minimum atomic E-state index is 1.19. The summed E-state index contributed by atoms with van der Waals surface area (Å²) in [5.41, 5.74) is 10.4. The van der Waals surface area contributed by atoms with Crippen LogP contribution in [0.1, 0.15) is 16.7 Å². The first-order chi connectivity index (χ1) is 24.1.